The number of nitrogens with one attached hydrogen (secondary N) is 3. The Morgan fingerprint density at radius 1 is 1.14 bits per heavy atom. The van der Waals surface area contributed by atoms with E-state index >= 15 is 0 Å². The Hall–Kier alpha value is -4.19. The van der Waals surface area contributed by atoms with Crippen molar-refractivity contribution in [2.75, 3.05) is 0 Å². The lowest BCUT2D eigenvalue weighted by molar-refractivity contribution is -0.0922. The SMILES string of the molecule is C=N/C(=C\C(=C/C)NC(=O)N/C(=C/NCc1ccc(-c2c(C)ncnc2C)cc1)ON)C(F)(F)F.CC. The van der Waals surface area contributed by atoms with Gasteiger partial charge in [0.05, 0.1) is 6.20 Å². The molecule has 0 unspecified atom stereocenters. The summed E-state index contributed by atoms with van der Waals surface area (Å²) in [6.07, 6.45) is 0.0264. The van der Waals surface area contributed by atoms with E-state index in [1.54, 1.807) is 0 Å². The van der Waals surface area contributed by atoms with Crippen molar-refractivity contribution in [1.29, 1.82) is 0 Å². The number of carbonyl (C=O) groups is 1. The van der Waals surface area contributed by atoms with Crippen LogP contribution in [0.3, 0.4) is 0 Å². The minimum Gasteiger partial charge on any atom is -0.391 e. The molecule has 0 saturated heterocycles. The van der Waals surface area contributed by atoms with Crippen molar-refractivity contribution in [2.24, 2.45) is 10.9 Å². The summed E-state index contributed by atoms with van der Waals surface area (Å²) in [5.41, 5.74) is 3.24. The number of rotatable bonds is 9. The first kappa shape index (κ1) is 30.8. The molecule has 200 valence electrons. The molecule has 0 bridgehead atoms. The highest BCUT2D eigenvalue weighted by Crippen LogP contribution is 2.27. The van der Waals surface area contributed by atoms with Crippen molar-refractivity contribution in [3.05, 3.63) is 83.2 Å². The number of hydrogen-bond donors (Lipinski definition) is 4. The molecule has 0 atom stereocenters. The second kappa shape index (κ2) is 15.0. The van der Waals surface area contributed by atoms with Gasteiger partial charge >= 0.3 is 12.2 Å². The number of aryl methyl sites for hydroxylation is 2. The Morgan fingerprint density at radius 2 is 1.73 bits per heavy atom. The van der Waals surface area contributed by atoms with Gasteiger partial charge in [-0.3, -0.25) is 10.3 Å². The van der Waals surface area contributed by atoms with Gasteiger partial charge in [0.25, 0.3) is 0 Å². The molecule has 2 rings (SSSR count). The molecule has 1 aromatic heterocycles. The summed E-state index contributed by atoms with van der Waals surface area (Å²) in [5, 5.41) is 7.46. The third-order valence-electron chi connectivity index (χ3n) is 4.69. The first-order valence-corrected chi connectivity index (χ1v) is 11.3. The van der Waals surface area contributed by atoms with Gasteiger partial charge in [0, 0.05) is 29.2 Å². The molecule has 1 heterocycles. The quantitative estimate of drug-likeness (QED) is 0.161. The zero-order chi connectivity index (χ0) is 28.0. The third kappa shape index (κ3) is 9.76. The maximum atomic E-state index is 12.8. The average molecular weight is 520 g/mol. The van der Waals surface area contributed by atoms with Crippen LogP contribution in [0, 0.1) is 13.8 Å². The molecule has 9 nitrogen and oxygen atoms in total. The van der Waals surface area contributed by atoms with Gasteiger partial charge in [-0.2, -0.15) is 19.1 Å². The number of allylic oxidation sites excluding steroid dienone is 3. The molecule has 37 heavy (non-hydrogen) atoms. The number of amides is 2. The third-order valence-corrected chi connectivity index (χ3v) is 4.69. The Kier molecular flexibility index (Phi) is 12.5. The van der Waals surface area contributed by atoms with Crippen molar-refractivity contribution in [3.8, 4) is 11.1 Å². The lowest BCUT2D eigenvalue weighted by Gasteiger charge is -2.12. The van der Waals surface area contributed by atoms with Gasteiger partial charge in [-0.15, -0.1) is 0 Å². The largest absolute Gasteiger partial charge is 0.433 e. The van der Waals surface area contributed by atoms with E-state index in [9.17, 15) is 18.0 Å². The van der Waals surface area contributed by atoms with Crippen molar-refractivity contribution in [1.82, 2.24) is 25.9 Å². The maximum Gasteiger partial charge on any atom is 0.433 e. The number of aliphatic imine (C=N–C) groups is 1. The van der Waals surface area contributed by atoms with E-state index in [1.165, 1.54) is 25.5 Å². The number of aromatic nitrogens is 2. The van der Waals surface area contributed by atoms with Gasteiger partial charge in [0.2, 0.25) is 5.88 Å². The Bertz CT molecular complexity index is 1120. The van der Waals surface area contributed by atoms with Crippen molar-refractivity contribution in [2.45, 2.75) is 47.3 Å². The molecule has 0 radical (unpaired) electrons. The van der Waals surface area contributed by atoms with E-state index < -0.39 is 17.9 Å². The number of nitrogens with zero attached hydrogens (tertiary/aromatic N) is 3. The Morgan fingerprint density at radius 3 is 2.22 bits per heavy atom. The van der Waals surface area contributed by atoms with Crippen LogP contribution in [0.2, 0.25) is 0 Å². The van der Waals surface area contributed by atoms with E-state index in [2.05, 4.69) is 42.5 Å². The number of benzene rings is 1. The zero-order valence-corrected chi connectivity index (χ0v) is 21.4. The van der Waals surface area contributed by atoms with Crippen LogP contribution in [0.25, 0.3) is 11.1 Å². The molecule has 5 N–H and O–H groups in total. The van der Waals surface area contributed by atoms with Crippen LogP contribution in [-0.2, 0) is 11.4 Å². The highest BCUT2D eigenvalue weighted by molar-refractivity contribution is 5.78. The number of hydrogen-bond acceptors (Lipinski definition) is 7. The van der Waals surface area contributed by atoms with Gasteiger partial charge in [-0.05, 0) is 44.7 Å². The molecule has 1 aromatic carbocycles. The van der Waals surface area contributed by atoms with Crippen LogP contribution in [0.1, 0.15) is 37.7 Å². The summed E-state index contributed by atoms with van der Waals surface area (Å²) in [5.74, 6) is 5.01. The van der Waals surface area contributed by atoms with Gasteiger partial charge in [0.1, 0.15) is 12.0 Å². The number of urea groups is 1. The highest BCUT2D eigenvalue weighted by Gasteiger charge is 2.33. The first-order chi connectivity index (χ1) is 17.6. The van der Waals surface area contributed by atoms with Crippen LogP contribution in [0.5, 0.6) is 0 Å². The second-order valence-corrected chi connectivity index (χ2v) is 7.13. The molecular weight excluding hydrogens is 487 g/mol. The lowest BCUT2D eigenvalue weighted by atomic mass is 10.0. The zero-order valence-electron chi connectivity index (χ0n) is 21.4. The molecule has 0 fully saturated rings. The van der Waals surface area contributed by atoms with Crippen LogP contribution < -0.4 is 21.8 Å². The fourth-order valence-electron chi connectivity index (χ4n) is 2.99. The van der Waals surface area contributed by atoms with Gasteiger partial charge in [-0.1, -0.05) is 44.2 Å². The van der Waals surface area contributed by atoms with Gasteiger partial charge in [0.15, 0.2) is 0 Å². The summed E-state index contributed by atoms with van der Waals surface area (Å²) in [6.45, 7) is 12.5. The standard InChI is InChI=1S/C23H26F3N7O2.C2H6/c1-5-18(10-19(28-4)23(24,25)26)32-22(34)33-20(35-27)12-29-11-16-6-8-17(9-7-16)21-14(2)30-13-31-15(21)3;1-2/h5-10,12-13,29H,4,11,27H2,1-3H3,(H2,32,33,34);1-2H3/b18-5+,19-10-,20-12-;. The minimum absolute atomic E-state index is 0.152. The molecule has 0 spiro atoms. The molecule has 0 aliphatic heterocycles. The van der Waals surface area contributed by atoms with Crippen LogP contribution in [0.4, 0.5) is 18.0 Å². The van der Waals surface area contributed by atoms with Crippen molar-refractivity contribution < 1.29 is 22.8 Å². The monoisotopic (exact) mass is 519 g/mol. The second-order valence-electron chi connectivity index (χ2n) is 7.13. The molecular formula is C25H32F3N7O2. The van der Waals surface area contributed by atoms with Gasteiger partial charge in [-0.25, -0.2) is 14.8 Å². The summed E-state index contributed by atoms with van der Waals surface area (Å²) in [4.78, 5) is 28.1. The van der Waals surface area contributed by atoms with Crippen LogP contribution in [-0.4, -0.2) is 28.9 Å². The predicted octanol–water partition coefficient (Wildman–Crippen LogP) is 4.92. The number of halogens is 3. The molecule has 2 aromatic rings. The summed E-state index contributed by atoms with van der Waals surface area (Å²) in [6, 6.07) is 6.86. The fourth-order valence-corrected chi connectivity index (χ4v) is 2.99. The number of carbonyl (C=O) groups excluding carboxylic acids is 1. The Labute approximate surface area is 214 Å². The van der Waals surface area contributed by atoms with Gasteiger partial charge < -0.3 is 15.5 Å². The smallest absolute Gasteiger partial charge is 0.391 e. The van der Waals surface area contributed by atoms with E-state index in [-0.39, 0.29) is 11.6 Å². The first-order valence-electron chi connectivity index (χ1n) is 11.3. The minimum atomic E-state index is -4.71. The molecule has 0 aliphatic rings. The molecule has 0 aliphatic carbocycles. The molecule has 0 saturated carbocycles. The van der Waals surface area contributed by atoms with E-state index in [4.69, 9.17) is 5.90 Å². The lowest BCUT2D eigenvalue weighted by Crippen LogP contribution is -2.36. The predicted molar refractivity (Wildman–Crippen MR) is 138 cm³/mol. The number of nitrogens with two attached hydrogens (primary N) is 1. The summed E-state index contributed by atoms with van der Waals surface area (Å²) in [7, 11) is 0. The number of alkyl halides is 3. The topological polar surface area (TPSA) is 127 Å². The summed E-state index contributed by atoms with van der Waals surface area (Å²) < 4.78 is 38.5. The van der Waals surface area contributed by atoms with Crippen LogP contribution in [0.15, 0.2) is 71.2 Å². The molecule has 12 heteroatoms. The van der Waals surface area contributed by atoms with Crippen LogP contribution >= 0.6 is 0 Å². The Balaban J connectivity index is 0.00000334. The van der Waals surface area contributed by atoms with E-state index in [0.29, 0.717) is 12.6 Å². The maximum absolute atomic E-state index is 12.8. The van der Waals surface area contributed by atoms with E-state index in [0.717, 1.165) is 28.1 Å². The average Bonchev–Trinajstić information content (AvgIpc) is 2.87. The van der Waals surface area contributed by atoms with Crippen molar-refractivity contribution in [3.63, 3.8) is 0 Å². The highest BCUT2D eigenvalue weighted by atomic mass is 19.4. The summed E-state index contributed by atoms with van der Waals surface area (Å²) >= 11 is 0. The fraction of sp³-hybridized carbons (Fsp3) is 0.280. The molecule has 2 amide bonds. The normalized spacial score (nSPS) is 12.2. The van der Waals surface area contributed by atoms with E-state index in [1.807, 2.05) is 52.0 Å². The van der Waals surface area contributed by atoms with Crippen molar-refractivity contribution >= 4 is 12.7 Å².